The summed E-state index contributed by atoms with van der Waals surface area (Å²) < 4.78 is 27.9. The summed E-state index contributed by atoms with van der Waals surface area (Å²) in [5, 5.41) is 16.4. The van der Waals surface area contributed by atoms with Gasteiger partial charge in [-0.1, -0.05) is 27.7 Å². The third-order valence-corrected chi connectivity index (χ3v) is 7.92. The Morgan fingerprint density at radius 2 is 1.96 bits per heavy atom. The third kappa shape index (κ3) is 5.34. The van der Waals surface area contributed by atoms with Crippen molar-refractivity contribution in [2.24, 2.45) is 0 Å². The average Bonchev–Trinajstić information content (AvgIpc) is 3.14. The van der Waals surface area contributed by atoms with E-state index in [-0.39, 0.29) is 12.3 Å². The van der Waals surface area contributed by atoms with Crippen LogP contribution in [0, 0.1) is 0 Å². The zero-order valence-corrected chi connectivity index (χ0v) is 18.3. The number of carboxylic acid groups (broad SMARTS) is 1. The summed E-state index contributed by atoms with van der Waals surface area (Å²) in [6, 6.07) is 6.67. The summed E-state index contributed by atoms with van der Waals surface area (Å²) in [4.78, 5) is 15.3. The van der Waals surface area contributed by atoms with Crippen LogP contribution < -0.4 is 0 Å². The van der Waals surface area contributed by atoms with Crippen LogP contribution in [0.1, 0.15) is 37.4 Å². The second kappa shape index (κ2) is 9.38. The number of carboxylic acids is 1. The molecule has 2 aromatic rings. The van der Waals surface area contributed by atoms with Crippen molar-refractivity contribution in [3.63, 3.8) is 0 Å². The molecule has 1 aliphatic heterocycles. The molecule has 0 saturated carbocycles. The van der Waals surface area contributed by atoms with Gasteiger partial charge in [0.1, 0.15) is 5.82 Å². The number of aromatic amines is 1. The molecular formula is C17H21BrN4O4S2. The highest BCUT2D eigenvalue weighted by Crippen LogP contribution is 2.30. The number of sulfonamides is 1. The lowest BCUT2D eigenvalue weighted by Crippen LogP contribution is -2.38. The Kier molecular flexibility index (Phi) is 7.13. The molecule has 0 atom stereocenters. The van der Waals surface area contributed by atoms with Gasteiger partial charge in [-0.15, -0.1) is 5.10 Å². The van der Waals surface area contributed by atoms with Gasteiger partial charge in [-0.25, -0.2) is 13.4 Å². The van der Waals surface area contributed by atoms with Crippen molar-refractivity contribution in [1.29, 1.82) is 0 Å². The van der Waals surface area contributed by atoms with Gasteiger partial charge in [0.05, 0.1) is 4.90 Å². The van der Waals surface area contributed by atoms with E-state index in [2.05, 4.69) is 31.1 Å². The predicted molar refractivity (Wildman–Crippen MR) is 109 cm³/mol. The smallest absolute Gasteiger partial charge is 0.303 e. The minimum absolute atomic E-state index is 0.135. The Hall–Kier alpha value is -1.43. The summed E-state index contributed by atoms with van der Waals surface area (Å²) in [7, 11) is -3.49. The van der Waals surface area contributed by atoms with Gasteiger partial charge in [0.15, 0.2) is 0 Å². The molecule has 0 aliphatic carbocycles. The average molecular weight is 489 g/mol. The number of aliphatic carboxylic acids is 1. The number of benzene rings is 1. The maximum atomic E-state index is 12.8. The van der Waals surface area contributed by atoms with Gasteiger partial charge in [0.2, 0.25) is 15.2 Å². The van der Waals surface area contributed by atoms with E-state index in [1.54, 1.807) is 24.3 Å². The summed E-state index contributed by atoms with van der Waals surface area (Å²) >= 11 is 4.74. The van der Waals surface area contributed by atoms with E-state index in [0.717, 1.165) is 10.3 Å². The molecule has 2 heterocycles. The topological polar surface area (TPSA) is 116 Å². The number of nitrogens with zero attached hydrogens (tertiary/aromatic N) is 3. The Balaban J connectivity index is 1.54. The number of nitrogens with one attached hydrogen (secondary N) is 1. The highest BCUT2D eigenvalue weighted by Gasteiger charge is 2.31. The minimum atomic E-state index is -3.49. The standard InChI is InChI=1S/C17H21BrN4O4S2/c18-13-3-5-14(6-4-13)28(25,26)22-9-7-12(8-10-22)16-19-17(21-20-16)27-11-1-2-15(23)24/h3-6,12H,1-2,7-11H2,(H,23,24)(H,19,20,21). The highest BCUT2D eigenvalue weighted by atomic mass is 79.9. The zero-order chi connectivity index (χ0) is 20.1. The van der Waals surface area contributed by atoms with Gasteiger partial charge < -0.3 is 5.11 Å². The first-order valence-electron chi connectivity index (χ1n) is 8.89. The first-order valence-corrected chi connectivity index (χ1v) is 12.1. The van der Waals surface area contributed by atoms with Crippen LogP contribution in [0.25, 0.3) is 0 Å². The Morgan fingerprint density at radius 3 is 2.61 bits per heavy atom. The second-order valence-corrected chi connectivity index (χ2v) is 10.4. The number of H-pyrrole nitrogens is 1. The second-order valence-electron chi connectivity index (χ2n) is 6.48. The number of rotatable bonds is 8. The number of thioether (sulfide) groups is 1. The van der Waals surface area contributed by atoms with Crippen LogP contribution in [0.2, 0.25) is 0 Å². The normalized spacial score (nSPS) is 16.3. The molecule has 1 aromatic carbocycles. The first-order chi connectivity index (χ1) is 13.4. The minimum Gasteiger partial charge on any atom is -0.481 e. The molecule has 0 amide bonds. The van der Waals surface area contributed by atoms with Gasteiger partial charge in [0.25, 0.3) is 0 Å². The molecule has 152 valence electrons. The number of piperidine rings is 1. The van der Waals surface area contributed by atoms with Gasteiger partial charge >= 0.3 is 5.97 Å². The molecule has 0 spiro atoms. The van der Waals surface area contributed by atoms with Gasteiger partial charge in [-0.05, 0) is 43.5 Å². The van der Waals surface area contributed by atoms with Crippen molar-refractivity contribution in [3.05, 3.63) is 34.6 Å². The van der Waals surface area contributed by atoms with Crippen LogP contribution in [-0.2, 0) is 14.8 Å². The van der Waals surface area contributed by atoms with Crippen LogP contribution in [0.5, 0.6) is 0 Å². The lowest BCUT2D eigenvalue weighted by molar-refractivity contribution is -0.137. The van der Waals surface area contributed by atoms with E-state index < -0.39 is 16.0 Å². The Labute approximate surface area is 176 Å². The fourth-order valence-corrected chi connectivity index (χ4v) is 5.50. The molecule has 3 rings (SSSR count). The SMILES string of the molecule is O=C(O)CCCSc1n[nH]c(C2CCN(S(=O)(=O)c3ccc(Br)cc3)CC2)n1. The molecule has 1 aromatic heterocycles. The lowest BCUT2D eigenvalue weighted by Gasteiger charge is -2.30. The van der Waals surface area contributed by atoms with E-state index in [9.17, 15) is 13.2 Å². The number of hydrogen-bond acceptors (Lipinski definition) is 6. The lowest BCUT2D eigenvalue weighted by atomic mass is 9.98. The largest absolute Gasteiger partial charge is 0.481 e. The molecule has 1 saturated heterocycles. The van der Waals surface area contributed by atoms with Crippen molar-refractivity contribution in [1.82, 2.24) is 19.5 Å². The fraction of sp³-hybridized carbons (Fsp3) is 0.471. The van der Waals surface area contributed by atoms with Crippen molar-refractivity contribution >= 4 is 43.7 Å². The number of hydrogen-bond donors (Lipinski definition) is 2. The zero-order valence-electron chi connectivity index (χ0n) is 15.0. The van der Waals surface area contributed by atoms with Gasteiger partial charge in [-0.3, -0.25) is 9.89 Å². The van der Waals surface area contributed by atoms with Crippen molar-refractivity contribution in [2.45, 2.75) is 41.7 Å². The Bertz CT molecular complexity index is 909. The van der Waals surface area contributed by atoms with E-state index in [4.69, 9.17) is 5.11 Å². The molecule has 8 nitrogen and oxygen atoms in total. The third-order valence-electron chi connectivity index (χ3n) is 4.54. The van der Waals surface area contributed by atoms with Crippen molar-refractivity contribution < 1.29 is 18.3 Å². The molecule has 0 bridgehead atoms. The van der Waals surface area contributed by atoms with E-state index in [1.165, 1.54) is 16.1 Å². The number of halogens is 1. The van der Waals surface area contributed by atoms with E-state index in [0.29, 0.717) is 48.2 Å². The first kappa shape index (κ1) is 21.3. The summed E-state index contributed by atoms with van der Waals surface area (Å²) in [6.07, 6.45) is 2.05. The van der Waals surface area contributed by atoms with Crippen LogP contribution in [-0.4, -0.2) is 57.8 Å². The van der Waals surface area contributed by atoms with Crippen LogP contribution in [0.4, 0.5) is 0 Å². The predicted octanol–water partition coefficient (Wildman–Crippen LogP) is 3.09. The Morgan fingerprint density at radius 1 is 1.29 bits per heavy atom. The van der Waals surface area contributed by atoms with Crippen molar-refractivity contribution in [3.8, 4) is 0 Å². The monoisotopic (exact) mass is 488 g/mol. The molecule has 11 heteroatoms. The summed E-state index contributed by atoms with van der Waals surface area (Å²) in [5.74, 6) is 0.743. The van der Waals surface area contributed by atoms with Crippen LogP contribution in [0.15, 0.2) is 38.8 Å². The molecule has 0 unspecified atom stereocenters. The quantitative estimate of drug-likeness (QED) is 0.432. The van der Waals surface area contributed by atoms with Crippen molar-refractivity contribution in [2.75, 3.05) is 18.8 Å². The molecule has 1 aliphatic rings. The van der Waals surface area contributed by atoms with E-state index >= 15 is 0 Å². The van der Waals surface area contributed by atoms with Gasteiger partial charge in [0, 0.05) is 35.7 Å². The maximum Gasteiger partial charge on any atom is 0.303 e. The van der Waals surface area contributed by atoms with E-state index in [1.807, 2.05) is 0 Å². The summed E-state index contributed by atoms with van der Waals surface area (Å²) in [5.41, 5.74) is 0. The molecule has 2 N–H and O–H groups in total. The highest BCUT2D eigenvalue weighted by molar-refractivity contribution is 9.10. The molecular weight excluding hydrogens is 468 g/mol. The summed E-state index contributed by atoms with van der Waals surface area (Å²) in [6.45, 7) is 0.871. The maximum absolute atomic E-state index is 12.8. The van der Waals surface area contributed by atoms with Crippen LogP contribution >= 0.6 is 27.7 Å². The van der Waals surface area contributed by atoms with Gasteiger partial charge in [-0.2, -0.15) is 4.31 Å². The number of carbonyl (C=O) groups is 1. The molecule has 28 heavy (non-hydrogen) atoms. The molecule has 1 fully saturated rings. The fourth-order valence-electron chi connectivity index (χ4n) is 3.02. The molecule has 0 radical (unpaired) electrons. The van der Waals surface area contributed by atoms with Crippen LogP contribution in [0.3, 0.4) is 0 Å². The number of aromatic nitrogens is 3.